The predicted molar refractivity (Wildman–Crippen MR) is 89.1 cm³/mol. The maximum absolute atomic E-state index is 11.0. The molecule has 0 bridgehead atoms. The fourth-order valence-electron chi connectivity index (χ4n) is 2.08. The summed E-state index contributed by atoms with van der Waals surface area (Å²) in [5.41, 5.74) is 12.0. The van der Waals surface area contributed by atoms with Crippen molar-refractivity contribution in [2.75, 3.05) is 0 Å². The molecule has 0 aliphatic carbocycles. The zero-order chi connectivity index (χ0) is 13.3. The van der Waals surface area contributed by atoms with Gasteiger partial charge in [-0.3, -0.25) is 4.79 Å². The molecule has 2 rings (SSSR count). The molecule has 0 aromatic heterocycles. The van der Waals surface area contributed by atoms with Gasteiger partial charge >= 0.3 is 0 Å². The summed E-state index contributed by atoms with van der Waals surface area (Å²) in [5, 5.41) is 0. The van der Waals surface area contributed by atoms with Gasteiger partial charge in [0.05, 0.1) is 0 Å². The van der Waals surface area contributed by atoms with Gasteiger partial charge in [-0.1, -0.05) is 24.3 Å². The number of benzene rings is 2. The van der Waals surface area contributed by atoms with Crippen molar-refractivity contribution in [3.05, 3.63) is 58.7 Å². The molecule has 2 aromatic carbocycles. The highest BCUT2D eigenvalue weighted by Gasteiger charge is 2.07. The van der Waals surface area contributed by atoms with E-state index in [0.29, 0.717) is 5.56 Å². The summed E-state index contributed by atoms with van der Waals surface area (Å²) >= 11 is 0. The van der Waals surface area contributed by atoms with Crippen molar-refractivity contribution in [1.82, 2.24) is 0 Å². The van der Waals surface area contributed by atoms with Crippen molar-refractivity contribution in [3.63, 3.8) is 0 Å². The molecule has 0 atom stereocenters. The van der Waals surface area contributed by atoms with E-state index in [-0.39, 0.29) is 24.8 Å². The minimum Gasteiger partial charge on any atom is -0.366 e. The van der Waals surface area contributed by atoms with E-state index in [1.54, 1.807) is 12.1 Å². The van der Waals surface area contributed by atoms with Crippen LogP contribution in [0.1, 0.15) is 27.0 Å². The van der Waals surface area contributed by atoms with Gasteiger partial charge in [-0.15, -0.1) is 24.8 Å². The lowest BCUT2D eigenvalue weighted by Crippen LogP contribution is -2.10. The Kier molecular flexibility index (Phi) is 6.77. The first-order valence-electron chi connectivity index (χ1n) is 5.97. The van der Waals surface area contributed by atoms with E-state index in [9.17, 15) is 4.79 Å². The summed E-state index contributed by atoms with van der Waals surface area (Å²) in [6, 6.07) is 11.7. The standard InChI is InChI=1S/C16H17NO.2ClH/c1-10-4-9-15(12(3)11(10)2)13-5-7-14(8-6-13)16(17)18;;/h4-9H,1-3H3,(H2,17,18);2*1H. The zero-order valence-corrected chi connectivity index (χ0v) is 13.4. The lowest BCUT2D eigenvalue weighted by molar-refractivity contribution is 0.100. The number of halogens is 2. The minimum atomic E-state index is -0.390. The largest absolute Gasteiger partial charge is 0.366 e. The Morgan fingerprint density at radius 3 is 1.90 bits per heavy atom. The average molecular weight is 312 g/mol. The second-order valence-corrected chi connectivity index (χ2v) is 4.62. The van der Waals surface area contributed by atoms with Crippen molar-refractivity contribution in [2.24, 2.45) is 5.73 Å². The van der Waals surface area contributed by atoms with Crippen LogP contribution in [0.3, 0.4) is 0 Å². The molecule has 0 saturated carbocycles. The number of primary amides is 1. The van der Waals surface area contributed by atoms with E-state index in [1.165, 1.54) is 22.3 Å². The van der Waals surface area contributed by atoms with Crippen LogP contribution in [-0.2, 0) is 0 Å². The van der Waals surface area contributed by atoms with E-state index in [4.69, 9.17) is 5.73 Å². The Labute approximate surface area is 132 Å². The van der Waals surface area contributed by atoms with Gasteiger partial charge in [-0.2, -0.15) is 0 Å². The Bertz CT molecular complexity index is 607. The van der Waals surface area contributed by atoms with Crippen molar-refractivity contribution in [1.29, 1.82) is 0 Å². The summed E-state index contributed by atoms with van der Waals surface area (Å²) in [4.78, 5) is 11.0. The molecule has 0 radical (unpaired) electrons. The van der Waals surface area contributed by atoms with E-state index < -0.39 is 5.91 Å². The van der Waals surface area contributed by atoms with Crippen LogP contribution in [0.4, 0.5) is 0 Å². The number of hydrogen-bond donors (Lipinski definition) is 1. The highest BCUT2D eigenvalue weighted by molar-refractivity contribution is 5.93. The Morgan fingerprint density at radius 2 is 1.40 bits per heavy atom. The van der Waals surface area contributed by atoms with Gasteiger partial charge in [0, 0.05) is 5.56 Å². The number of rotatable bonds is 2. The van der Waals surface area contributed by atoms with Crippen LogP contribution in [0.2, 0.25) is 0 Å². The molecule has 2 aromatic rings. The first-order valence-corrected chi connectivity index (χ1v) is 5.97. The first kappa shape index (κ1) is 18.5. The van der Waals surface area contributed by atoms with Gasteiger partial charge in [0.2, 0.25) is 5.91 Å². The molecule has 0 unspecified atom stereocenters. The van der Waals surface area contributed by atoms with E-state index >= 15 is 0 Å². The Morgan fingerprint density at radius 1 is 0.850 bits per heavy atom. The highest BCUT2D eigenvalue weighted by Crippen LogP contribution is 2.27. The molecule has 0 spiro atoms. The van der Waals surface area contributed by atoms with Crippen LogP contribution in [0, 0.1) is 20.8 Å². The normalized spacial score (nSPS) is 9.35. The first-order chi connectivity index (χ1) is 8.50. The summed E-state index contributed by atoms with van der Waals surface area (Å²) < 4.78 is 0. The average Bonchev–Trinajstić information content (AvgIpc) is 2.36. The third-order valence-corrected chi connectivity index (χ3v) is 3.54. The molecule has 0 aliphatic heterocycles. The number of aryl methyl sites for hydroxylation is 1. The van der Waals surface area contributed by atoms with Crippen molar-refractivity contribution in [3.8, 4) is 11.1 Å². The van der Waals surface area contributed by atoms with Crippen LogP contribution in [0.25, 0.3) is 11.1 Å². The van der Waals surface area contributed by atoms with Crippen LogP contribution < -0.4 is 5.73 Å². The molecule has 0 heterocycles. The number of amides is 1. The third-order valence-electron chi connectivity index (χ3n) is 3.54. The highest BCUT2D eigenvalue weighted by atomic mass is 35.5. The van der Waals surface area contributed by atoms with Crippen LogP contribution in [-0.4, -0.2) is 5.91 Å². The summed E-state index contributed by atoms with van der Waals surface area (Å²) in [5.74, 6) is -0.390. The molecule has 0 fully saturated rings. The van der Waals surface area contributed by atoms with Gasteiger partial charge < -0.3 is 5.73 Å². The zero-order valence-electron chi connectivity index (χ0n) is 11.8. The van der Waals surface area contributed by atoms with Gasteiger partial charge in [-0.05, 0) is 60.7 Å². The fraction of sp³-hybridized carbons (Fsp3) is 0.188. The van der Waals surface area contributed by atoms with Crippen molar-refractivity contribution in [2.45, 2.75) is 20.8 Å². The fourth-order valence-corrected chi connectivity index (χ4v) is 2.08. The van der Waals surface area contributed by atoms with Gasteiger partial charge in [0.15, 0.2) is 0 Å². The van der Waals surface area contributed by atoms with E-state index in [1.807, 2.05) is 12.1 Å². The molecular formula is C16H19Cl2NO. The smallest absolute Gasteiger partial charge is 0.248 e. The van der Waals surface area contributed by atoms with E-state index in [0.717, 1.165) is 5.56 Å². The number of carbonyl (C=O) groups excluding carboxylic acids is 1. The molecule has 1 amide bonds. The predicted octanol–water partition coefficient (Wildman–Crippen LogP) is 4.22. The van der Waals surface area contributed by atoms with Gasteiger partial charge in [0.25, 0.3) is 0 Å². The molecule has 0 saturated heterocycles. The molecule has 4 heteroatoms. The molecule has 2 N–H and O–H groups in total. The molecule has 0 aliphatic rings. The number of nitrogens with two attached hydrogens (primary N) is 1. The quantitative estimate of drug-likeness (QED) is 0.886. The second kappa shape index (κ2) is 7.32. The topological polar surface area (TPSA) is 43.1 Å². The Balaban J connectivity index is 0.00000180. The second-order valence-electron chi connectivity index (χ2n) is 4.62. The van der Waals surface area contributed by atoms with Crippen LogP contribution in [0.5, 0.6) is 0 Å². The lowest BCUT2D eigenvalue weighted by atomic mass is 9.94. The monoisotopic (exact) mass is 311 g/mol. The maximum Gasteiger partial charge on any atom is 0.248 e. The molecule has 20 heavy (non-hydrogen) atoms. The molecular weight excluding hydrogens is 293 g/mol. The minimum absolute atomic E-state index is 0. The van der Waals surface area contributed by atoms with Crippen LogP contribution in [0.15, 0.2) is 36.4 Å². The lowest BCUT2D eigenvalue weighted by Gasteiger charge is -2.11. The summed E-state index contributed by atoms with van der Waals surface area (Å²) in [6.45, 7) is 6.37. The Hall–Kier alpha value is -1.51. The maximum atomic E-state index is 11.0. The summed E-state index contributed by atoms with van der Waals surface area (Å²) in [6.07, 6.45) is 0. The van der Waals surface area contributed by atoms with Gasteiger partial charge in [-0.25, -0.2) is 0 Å². The SMILES string of the molecule is Cc1ccc(-c2ccc(C(N)=O)cc2)c(C)c1C.Cl.Cl. The molecule has 2 nitrogen and oxygen atoms in total. The number of hydrogen-bond acceptors (Lipinski definition) is 1. The summed E-state index contributed by atoms with van der Waals surface area (Å²) in [7, 11) is 0. The third kappa shape index (κ3) is 3.53. The van der Waals surface area contributed by atoms with Crippen molar-refractivity contribution >= 4 is 30.7 Å². The van der Waals surface area contributed by atoms with Crippen molar-refractivity contribution < 1.29 is 4.79 Å². The van der Waals surface area contributed by atoms with E-state index in [2.05, 4.69) is 32.9 Å². The molecule has 108 valence electrons. The number of carbonyl (C=O) groups is 1. The van der Waals surface area contributed by atoms with Gasteiger partial charge in [0.1, 0.15) is 0 Å². The van der Waals surface area contributed by atoms with Crippen LogP contribution >= 0.6 is 24.8 Å².